The Morgan fingerprint density at radius 1 is 1.33 bits per heavy atom. The van der Waals surface area contributed by atoms with Gasteiger partial charge in [-0.25, -0.2) is 4.98 Å². The zero-order valence-electron chi connectivity index (χ0n) is 11.2. The van der Waals surface area contributed by atoms with Gasteiger partial charge in [0, 0.05) is 32.9 Å². The first-order chi connectivity index (χ1) is 8.78. The van der Waals surface area contributed by atoms with Gasteiger partial charge in [-0.1, -0.05) is 6.07 Å². The third-order valence-corrected chi connectivity index (χ3v) is 3.59. The van der Waals surface area contributed by atoms with E-state index in [0.717, 1.165) is 31.8 Å². The van der Waals surface area contributed by atoms with Gasteiger partial charge in [-0.15, -0.1) is 0 Å². The van der Waals surface area contributed by atoms with Crippen molar-refractivity contribution >= 4 is 0 Å². The summed E-state index contributed by atoms with van der Waals surface area (Å²) < 4.78 is 10.3. The Kier molecular flexibility index (Phi) is 4.55. The van der Waals surface area contributed by atoms with Crippen LogP contribution in [0.25, 0.3) is 0 Å². The van der Waals surface area contributed by atoms with E-state index in [1.807, 2.05) is 18.2 Å². The van der Waals surface area contributed by atoms with Crippen molar-refractivity contribution in [3.63, 3.8) is 0 Å². The molecule has 1 heterocycles. The molecule has 0 spiro atoms. The summed E-state index contributed by atoms with van der Waals surface area (Å²) in [5, 5.41) is 3.49. The molecule has 1 saturated carbocycles. The highest BCUT2D eigenvalue weighted by Crippen LogP contribution is 2.48. The number of nitrogens with zero attached hydrogens (tertiary/aromatic N) is 1. The number of hydrogen-bond donors (Lipinski definition) is 1. The van der Waals surface area contributed by atoms with Gasteiger partial charge in [0.25, 0.3) is 0 Å². The van der Waals surface area contributed by atoms with Crippen molar-refractivity contribution in [2.45, 2.75) is 25.8 Å². The normalized spacial score (nSPS) is 16.6. The highest BCUT2D eigenvalue weighted by molar-refractivity contribution is 5.15. The Morgan fingerprint density at radius 3 is 2.83 bits per heavy atom. The lowest BCUT2D eigenvalue weighted by Crippen LogP contribution is -2.25. The topological polar surface area (TPSA) is 43.4 Å². The van der Waals surface area contributed by atoms with E-state index in [4.69, 9.17) is 9.47 Å². The van der Waals surface area contributed by atoms with Crippen LogP contribution in [-0.2, 0) is 11.3 Å². The Labute approximate surface area is 109 Å². The van der Waals surface area contributed by atoms with E-state index in [2.05, 4.69) is 10.3 Å². The van der Waals surface area contributed by atoms with Gasteiger partial charge >= 0.3 is 0 Å². The summed E-state index contributed by atoms with van der Waals surface area (Å²) in [6.07, 6.45) is 3.78. The maximum Gasteiger partial charge on any atom is 0.213 e. The molecule has 0 aromatic carbocycles. The number of nitrogens with one attached hydrogen (secondary N) is 1. The van der Waals surface area contributed by atoms with Crippen LogP contribution in [-0.4, -0.2) is 32.4 Å². The minimum atomic E-state index is 0.481. The largest absolute Gasteiger partial charge is 0.481 e. The number of aromatic nitrogens is 1. The van der Waals surface area contributed by atoms with Gasteiger partial charge < -0.3 is 14.8 Å². The molecule has 1 N–H and O–H groups in total. The summed E-state index contributed by atoms with van der Waals surface area (Å²) in [7, 11) is 3.41. The molecule has 0 saturated heterocycles. The van der Waals surface area contributed by atoms with E-state index >= 15 is 0 Å². The zero-order valence-corrected chi connectivity index (χ0v) is 11.2. The van der Waals surface area contributed by atoms with Crippen LogP contribution in [0.2, 0.25) is 0 Å². The molecule has 0 unspecified atom stereocenters. The molecule has 4 heteroatoms. The maximum atomic E-state index is 5.16. The van der Waals surface area contributed by atoms with Crippen molar-refractivity contribution in [2.75, 3.05) is 27.4 Å². The van der Waals surface area contributed by atoms with Gasteiger partial charge in [0.05, 0.1) is 12.8 Å². The van der Waals surface area contributed by atoms with Crippen molar-refractivity contribution in [3.8, 4) is 5.88 Å². The van der Waals surface area contributed by atoms with E-state index in [1.165, 1.54) is 12.8 Å². The second-order valence-corrected chi connectivity index (χ2v) is 5.02. The van der Waals surface area contributed by atoms with E-state index in [1.54, 1.807) is 14.2 Å². The van der Waals surface area contributed by atoms with E-state index in [9.17, 15) is 0 Å². The smallest absolute Gasteiger partial charge is 0.213 e. The van der Waals surface area contributed by atoms with Crippen molar-refractivity contribution in [1.29, 1.82) is 0 Å². The molecule has 0 amide bonds. The van der Waals surface area contributed by atoms with Gasteiger partial charge in [0.1, 0.15) is 0 Å². The fourth-order valence-electron chi connectivity index (χ4n) is 2.14. The molecule has 0 aliphatic heterocycles. The Balaban J connectivity index is 1.74. The van der Waals surface area contributed by atoms with Gasteiger partial charge in [0.15, 0.2) is 0 Å². The SMILES string of the molecule is COCCC1(CNCc2cccc(OC)n2)CC1. The van der Waals surface area contributed by atoms with E-state index in [-0.39, 0.29) is 0 Å². The highest BCUT2D eigenvalue weighted by atomic mass is 16.5. The molecule has 1 fully saturated rings. The Morgan fingerprint density at radius 2 is 2.17 bits per heavy atom. The number of methoxy groups -OCH3 is 2. The molecule has 2 rings (SSSR count). The fraction of sp³-hybridized carbons (Fsp3) is 0.643. The minimum absolute atomic E-state index is 0.481. The monoisotopic (exact) mass is 250 g/mol. The zero-order chi connectivity index (χ0) is 12.8. The third-order valence-electron chi connectivity index (χ3n) is 3.59. The summed E-state index contributed by atoms with van der Waals surface area (Å²) >= 11 is 0. The van der Waals surface area contributed by atoms with Gasteiger partial charge in [-0.2, -0.15) is 0 Å². The standard InChI is InChI=1S/C14H22N2O2/c1-17-9-8-14(6-7-14)11-15-10-12-4-3-5-13(16-12)18-2/h3-5,15H,6-11H2,1-2H3. The molecule has 1 aromatic heterocycles. The Bertz CT molecular complexity index is 378. The molecule has 0 atom stereocenters. The van der Waals surface area contributed by atoms with Crippen LogP contribution in [0.3, 0.4) is 0 Å². The van der Waals surface area contributed by atoms with Gasteiger partial charge in [-0.05, 0) is 30.7 Å². The van der Waals surface area contributed by atoms with Crippen LogP contribution in [0.4, 0.5) is 0 Å². The quantitative estimate of drug-likeness (QED) is 0.766. The maximum absolute atomic E-state index is 5.16. The second kappa shape index (κ2) is 6.16. The number of ether oxygens (including phenoxy) is 2. The molecule has 0 bridgehead atoms. The summed E-state index contributed by atoms with van der Waals surface area (Å²) in [5.74, 6) is 0.676. The lowest BCUT2D eigenvalue weighted by molar-refractivity contribution is 0.171. The second-order valence-electron chi connectivity index (χ2n) is 5.02. The molecule has 1 aliphatic rings. The number of pyridine rings is 1. The van der Waals surface area contributed by atoms with Crippen LogP contribution < -0.4 is 10.1 Å². The van der Waals surface area contributed by atoms with Crippen molar-refractivity contribution in [3.05, 3.63) is 23.9 Å². The molecular weight excluding hydrogens is 228 g/mol. The van der Waals surface area contributed by atoms with E-state index < -0.39 is 0 Å². The van der Waals surface area contributed by atoms with Gasteiger partial charge in [0.2, 0.25) is 5.88 Å². The number of hydrogen-bond acceptors (Lipinski definition) is 4. The fourth-order valence-corrected chi connectivity index (χ4v) is 2.14. The molecular formula is C14H22N2O2. The predicted molar refractivity (Wildman–Crippen MR) is 70.7 cm³/mol. The first kappa shape index (κ1) is 13.3. The molecule has 4 nitrogen and oxygen atoms in total. The van der Waals surface area contributed by atoms with E-state index in [0.29, 0.717) is 11.3 Å². The summed E-state index contributed by atoms with van der Waals surface area (Å²) in [4.78, 5) is 4.38. The first-order valence-electron chi connectivity index (χ1n) is 6.48. The summed E-state index contributed by atoms with van der Waals surface area (Å²) in [6.45, 7) is 2.71. The average Bonchev–Trinajstić information content (AvgIpc) is 3.17. The first-order valence-corrected chi connectivity index (χ1v) is 6.48. The minimum Gasteiger partial charge on any atom is -0.481 e. The number of rotatable bonds is 8. The van der Waals surface area contributed by atoms with Crippen LogP contribution in [0.5, 0.6) is 5.88 Å². The van der Waals surface area contributed by atoms with Crippen LogP contribution in [0.15, 0.2) is 18.2 Å². The van der Waals surface area contributed by atoms with Crippen molar-refractivity contribution < 1.29 is 9.47 Å². The molecule has 1 aromatic rings. The summed E-state index contributed by atoms with van der Waals surface area (Å²) in [5.41, 5.74) is 1.51. The van der Waals surface area contributed by atoms with Crippen LogP contribution in [0, 0.1) is 5.41 Å². The van der Waals surface area contributed by atoms with Crippen LogP contribution in [0.1, 0.15) is 25.0 Å². The lowest BCUT2D eigenvalue weighted by atomic mass is 10.0. The average molecular weight is 250 g/mol. The van der Waals surface area contributed by atoms with Gasteiger partial charge in [-0.3, -0.25) is 0 Å². The van der Waals surface area contributed by atoms with Crippen LogP contribution >= 0.6 is 0 Å². The lowest BCUT2D eigenvalue weighted by Gasteiger charge is -2.15. The Hall–Kier alpha value is -1.13. The predicted octanol–water partition coefficient (Wildman–Crippen LogP) is 2.00. The molecule has 1 aliphatic carbocycles. The van der Waals surface area contributed by atoms with Crippen molar-refractivity contribution in [2.24, 2.45) is 5.41 Å². The molecule has 0 radical (unpaired) electrons. The molecule has 18 heavy (non-hydrogen) atoms. The van der Waals surface area contributed by atoms with Crippen molar-refractivity contribution in [1.82, 2.24) is 10.3 Å². The molecule has 100 valence electrons. The summed E-state index contributed by atoms with van der Waals surface area (Å²) in [6, 6.07) is 5.86. The third kappa shape index (κ3) is 3.68. The highest BCUT2D eigenvalue weighted by Gasteiger charge is 2.41.